The third-order valence-electron chi connectivity index (χ3n) is 0.404. The van der Waals surface area contributed by atoms with Gasteiger partial charge in [0.2, 0.25) is 0 Å². The van der Waals surface area contributed by atoms with E-state index in [9.17, 15) is 0 Å². The molecule has 0 bridgehead atoms. The van der Waals surface area contributed by atoms with E-state index in [1.807, 2.05) is 0 Å². The van der Waals surface area contributed by atoms with E-state index < -0.39 is 0 Å². The maximum Gasteiger partial charge on any atom is 0.138 e. The number of hydrogen-bond acceptors (Lipinski definition) is 3. The molecule has 0 unspecified atom stereocenters. The normalized spacial score (nSPS) is 6.00. The van der Waals surface area contributed by atoms with Crippen molar-refractivity contribution in [2.75, 3.05) is 0 Å². The Hall–Kier alpha value is 1.01. The van der Waals surface area contributed by atoms with Crippen molar-refractivity contribution in [2.24, 2.45) is 0 Å². The van der Waals surface area contributed by atoms with Crippen LogP contribution in [-0.4, -0.2) is 74.3 Å². The second kappa shape index (κ2) is 8.01. The van der Waals surface area contributed by atoms with Crippen LogP contribution in [-0.2, 0) is 0 Å². The smallest absolute Gasteiger partial charge is 0.138 e. The molecule has 5 heteroatoms. The third kappa shape index (κ3) is 5.15. The fraction of sp³-hybridized carbons (Fsp3) is 0. The fourth-order valence-electron chi connectivity index (χ4n) is 0.205. The summed E-state index contributed by atoms with van der Waals surface area (Å²) in [6.45, 7) is 0. The van der Waals surface area contributed by atoms with Gasteiger partial charge in [0.05, 0.1) is 6.20 Å². The van der Waals surface area contributed by atoms with Crippen molar-refractivity contribution in [1.82, 2.24) is 15.2 Å². The van der Waals surface area contributed by atoms with Gasteiger partial charge >= 0.3 is 59.1 Å². The van der Waals surface area contributed by atoms with Crippen molar-refractivity contribution in [3.05, 3.63) is 18.7 Å². The summed E-state index contributed by atoms with van der Waals surface area (Å²) in [6.07, 6.45) is 4.49. The van der Waals surface area contributed by atoms with Crippen LogP contribution in [0.5, 0.6) is 0 Å². The van der Waals surface area contributed by atoms with Crippen LogP contribution < -0.4 is 0 Å². The first-order valence-corrected chi connectivity index (χ1v) is 1.57. The molecule has 0 aliphatic heterocycles. The summed E-state index contributed by atoms with van der Waals surface area (Å²) in [5.41, 5.74) is 0. The maximum atomic E-state index is 3.61. The van der Waals surface area contributed by atoms with Gasteiger partial charge in [-0.3, -0.25) is 0 Å². The molecule has 1 aromatic rings. The number of rotatable bonds is 0. The number of hydrogen-bond donors (Lipinski definition) is 0. The van der Waals surface area contributed by atoms with E-state index in [4.69, 9.17) is 0 Å². The fourth-order valence-corrected chi connectivity index (χ4v) is 0.205. The summed E-state index contributed by atoms with van der Waals surface area (Å²) in [5, 5.41) is 6.90. The van der Waals surface area contributed by atoms with Gasteiger partial charge in [-0.1, -0.05) is 0 Å². The minimum atomic E-state index is 0. The zero-order chi connectivity index (χ0) is 4.24. The van der Waals surface area contributed by atoms with E-state index in [-0.39, 0.29) is 59.1 Å². The Kier molecular flexibility index (Phi) is 11.8. The first-order chi connectivity index (χ1) is 3.00. The van der Waals surface area contributed by atoms with E-state index in [2.05, 4.69) is 15.2 Å². The first kappa shape index (κ1) is 11.8. The SMILES string of the molecule is [NaH].[NaH].c1cnncn1. The molecule has 3 nitrogen and oxygen atoms in total. The van der Waals surface area contributed by atoms with E-state index in [0.717, 1.165) is 0 Å². The summed E-state index contributed by atoms with van der Waals surface area (Å²) in [5.74, 6) is 0. The Morgan fingerprint density at radius 3 is 1.75 bits per heavy atom. The van der Waals surface area contributed by atoms with Gasteiger partial charge in [0, 0.05) is 6.20 Å². The average Bonchev–Trinajstić information content (AvgIpc) is 1.72. The summed E-state index contributed by atoms with van der Waals surface area (Å²) in [7, 11) is 0. The van der Waals surface area contributed by atoms with E-state index in [1.54, 1.807) is 6.20 Å². The minimum absolute atomic E-state index is 0. The van der Waals surface area contributed by atoms with Crippen LogP contribution in [0.2, 0.25) is 0 Å². The zero-order valence-electron chi connectivity index (χ0n) is 3.07. The summed E-state index contributed by atoms with van der Waals surface area (Å²) in [6, 6.07) is 0. The Balaban J connectivity index is 0. The molecule has 0 fully saturated rings. The van der Waals surface area contributed by atoms with Gasteiger partial charge in [0.25, 0.3) is 0 Å². The molecular weight excluding hydrogens is 124 g/mol. The average molecular weight is 129 g/mol. The van der Waals surface area contributed by atoms with Crippen LogP contribution in [0.25, 0.3) is 0 Å². The standard InChI is InChI=1S/C3H3N3.2Na.2H/c1-2-5-6-3-4-1;;;;/h1-3H;;;;. The van der Waals surface area contributed by atoms with E-state index in [1.165, 1.54) is 12.5 Å². The van der Waals surface area contributed by atoms with Crippen LogP contribution in [0.1, 0.15) is 0 Å². The molecule has 34 valence electrons. The first-order valence-electron chi connectivity index (χ1n) is 1.57. The monoisotopic (exact) mass is 129 g/mol. The van der Waals surface area contributed by atoms with Crippen molar-refractivity contribution in [2.45, 2.75) is 0 Å². The number of aromatic nitrogens is 3. The molecule has 1 heterocycles. The molecule has 0 aliphatic rings. The topological polar surface area (TPSA) is 38.7 Å². The Labute approximate surface area is 91.9 Å². The molecule has 0 aromatic carbocycles. The van der Waals surface area contributed by atoms with Gasteiger partial charge in [-0.2, -0.15) is 5.10 Å². The molecule has 0 aliphatic carbocycles. The number of nitrogens with zero attached hydrogens (tertiary/aromatic N) is 3. The van der Waals surface area contributed by atoms with Crippen molar-refractivity contribution in [3.63, 3.8) is 0 Å². The Bertz CT molecular complexity index is 84.5. The van der Waals surface area contributed by atoms with Gasteiger partial charge in [-0.25, -0.2) is 4.98 Å². The van der Waals surface area contributed by atoms with Gasteiger partial charge in [0.1, 0.15) is 6.33 Å². The quantitative estimate of drug-likeness (QED) is 0.403. The van der Waals surface area contributed by atoms with Crippen molar-refractivity contribution >= 4 is 59.1 Å². The Morgan fingerprint density at radius 1 is 0.875 bits per heavy atom. The van der Waals surface area contributed by atoms with Gasteiger partial charge in [0.15, 0.2) is 0 Å². The molecule has 8 heavy (non-hydrogen) atoms. The van der Waals surface area contributed by atoms with Crippen molar-refractivity contribution in [3.8, 4) is 0 Å². The molecule has 0 saturated carbocycles. The largest absolute Gasteiger partial charge is 0.241 e. The molecule has 1 aromatic heterocycles. The summed E-state index contributed by atoms with van der Waals surface area (Å²) in [4.78, 5) is 3.61. The summed E-state index contributed by atoms with van der Waals surface area (Å²) >= 11 is 0. The molecule has 0 spiro atoms. The third-order valence-corrected chi connectivity index (χ3v) is 0.404. The van der Waals surface area contributed by atoms with Crippen molar-refractivity contribution in [1.29, 1.82) is 0 Å². The van der Waals surface area contributed by atoms with Crippen LogP contribution in [0.4, 0.5) is 0 Å². The predicted molar refractivity (Wildman–Crippen MR) is 34.1 cm³/mol. The van der Waals surface area contributed by atoms with Gasteiger partial charge in [-0.15, -0.1) is 5.10 Å². The van der Waals surface area contributed by atoms with Crippen LogP contribution in [0.3, 0.4) is 0 Å². The van der Waals surface area contributed by atoms with Crippen LogP contribution >= 0.6 is 0 Å². The van der Waals surface area contributed by atoms with Crippen molar-refractivity contribution < 1.29 is 0 Å². The minimum Gasteiger partial charge on any atom is -0.241 e. The molecule has 1 rings (SSSR count). The molecular formula is C3H5N3Na2. The summed E-state index contributed by atoms with van der Waals surface area (Å²) < 4.78 is 0. The second-order valence-corrected chi connectivity index (χ2v) is 0.794. The van der Waals surface area contributed by atoms with E-state index in [0.29, 0.717) is 0 Å². The second-order valence-electron chi connectivity index (χ2n) is 0.794. The van der Waals surface area contributed by atoms with Gasteiger partial charge in [-0.05, 0) is 0 Å². The van der Waals surface area contributed by atoms with Crippen LogP contribution in [0, 0.1) is 0 Å². The zero-order valence-corrected chi connectivity index (χ0v) is 3.07. The van der Waals surface area contributed by atoms with E-state index >= 15 is 0 Å². The molecule has 0 saturated heterocycles. The Morgan fingerprint density at radius 2 is 1.62 bits per heavy atom. The molecule has 0 amide bonds. The molecule has 0 N–H and O–H groups in total. The molecule has 0 atom stereocenters. The van der Waals surface area contributed by atoms with Crippen LogP contribution in [0.15, 0.2) is 18.7 Å². The predicted octanol–water partition coefficient (Wildman–Crippen LogP) is -1.43. The maximum absolute atomic E-state index is 3.61. The molecule has 0 radical (unpaired) electrons. The van der Waals surface area contributed by atoms with Gasteiger partial charge < -0.3 is 0 Å².